The molecular weight excluding hydrogens is 302 g/mol. The molecule has 2 aromatic heterocycles. The van der Waals surface area contributed by atoms with E-state index >= 15 is 0 Å². The lowest BCUT2D eigenvalue weighted by atomic mass is 9.99. The maximum atomic E-state index is 12.8. The second-order valence-electron chi connectivity index (χ2n) is 6.02. The zero-order chi connectivity index (χ0) is 16.8. The van der Waals surface area contributed by atoms with Gasteiger partial charge in [-0.3, -0.25) is 9.78 Å². The highest BCUT2D eigenvalue weighted by atomic mass is 16.2. The Hall–Kier alpha value is -2.50. The van der Waals surface area contributed by atoms with Gasteiger partial charge in [0, 0.05) is 24.8 Å². The molecule has 3 heterocycles. The number of hydrogen-bond acceptors (Lipinski definition) is 5. The smallest absolute Gasteiger partial charge is 0.272 e. The predicted octanol–water partition coefficient (Wildman–Crippen LogP) is 2.89. The van der Waals surface area contributed by atoms with E-state index in [-0.39, 0.29) is 5.91 Å². The van der Waals surface area contributed by atoms with Gasteiger partial charge in [0.2, 0.25) is 0 Å². The highest BCUT2D eigenvalue weighted by molar-refractivity contribution is 5.93. The lowest BCUT2D eigenvalue weighted by Gasteiger charge is -2.35. The number of anilines is 1. The van der Waals surface area contributed by atoms with Gasteiger partial charge in [-0.15, -0.1) is 0 Å². The number of pyridine rings is 1. The largest absolute Gasteiger partial charge is 0.364 e. The van der Waals surface area contributed by atoms with Crippen molar-refractivity contribution < 1.29 is 4.79 Å². The van der Waals surface area contributed by atoms with E-state index in [1.54, 1.807) is 12.3 Å². The predicted molar refractivity (Wildman–Crippen MR) is 92.6 cm³/mol. The summed E-state index contributed by atoms with van der Waals surface area (Å²) >= 11 is 0. The fourth-order valence-electron chi connectivity index (χ4n) is 3.09. The number of hydrogen-bond donors (Lipinski definition) is 1. The van der Waals surface area contributed by atoms with E-state index in [4.69, 9.17) is 0 Å². The van der Waals surface area contributed by atoms with Crippen molar-refractivity contribution in [1.29, 1.82) is 0 Å². The number of carbonyl (C=O) groups is 1. The summed E-state index contributed by atoms with van der Waals surface area (Å²) in [6, 6.07) is 7.83. The van der Waals surface area contributed by atoms with Gasteiger partial charge in [0.15, 0.2) is 0 Å². The molecule has 2 aromatic rings. The average molecular weight is 325 g/mol. The Labute approximate surface area is 142 Å². The van der Waals surface area contributed by atoms with E-state index in [1.165, 1.54) is 12.7 Å². The topological polar surface area (TPSA) is 71.0 Å². The van der Waals surface area contributed by atoms with Crippen molar-refractivity contribution in [3.63, 3.8) is 0 Å². The molecular formula is C18H23N5O. The first-order valence-electron chi connectivity index (χ1n) is 8.54. The number of rotatable bonds is 5. The Bertz CT molecular complexity index is 676. The molecule has 1 saturated heterocycles. The molecule has 126 valence electrons. The first-order valence-corrected chi connectivity index (χ1v) is 8.54. The van der Waals surface area contributed by atoms with Gasteiger partial charge < -0.3 is 10.2 Å². The fraction of sp³-hybridized carbons (Fsp3) is 0.444. The van der Waals surface area contributed by atoms with Crippen molar-refractivity contribution in [2.75, 3.05) is 11.9 Å². The second kappa shape index (κ2) is 7.86. The molecule has 24 heavy (non-hydrogen) atoms. The van der Waals surface area contributed by atoms with E-state index in [2.05, 4.69) is 27.2 Å². The number of amides is 1. The molecule has 1 aliphatic heterocycles. The van der Waals surface area contributed by atoms with Crippen LogP contribution in [0.2, 0.25) is 0 Å². The Morgan fingerprint density at radius 1 is 1.29 bits per heavy atom. The van der Waals surface area contributed by atoms with Gasteiger partial charge in [0.1, 0.15) is 17.8 Å². The Morgan fingerprint density at radius 3 is 3.00 bits per heavy atom. The molecule has 1 fully saturated rings. The molecule has 1 N–H and O–H groups in total. The highest BCUT2D eigenvalue weighted by Gasteiger charge is 2.27. The average Bonchev–Trinajstić information content (AvgIpc) is 2.67. The van der Waals surface area contributed by atoms with Crippen molar-refractivity contribution in [2.45, 2.75) is 45.2 Å². The molecule has 0 aliphatic carbocycles. The summed E-state index contributed by atoms with van der Waals surface area (Å²) in [5.74, 6) is 0.647. The van der Waals surface area contributed by atoms with Crippen LogP contribution in [0.3, 0.4) is 0 Å². The molecule has 3 rings (SSSR count). The van der Waals surface area contributed by atoms with Gasteiger partial charge in [0.05, 0.1) is 12.2 Å². The zero-order valence-electron chi connectivity index (χ0n) is 14.0. The van der Waals surface area contributed by atoms with Crippen LogP contribution in [0.15, 0.2) is 36.8 Å². The second-order valence-corrected chi connectivity index (χ2v) is 6.02. The summed E-state index contributed by atoms with van der Waals surface area (Å²) in [6.45, 7) is 3.51. The molecule has 1 aliphatic rings. The molecule has 6 nitrogen and oxygen atoms in total. The van der Waals surface area contributed by atoms with Crippen LogP contribution in [0.25, 0.3) is 0 Å². The number of aromatic nitrogens is 3. The maximum Gasteiger partial charge on any atom is 0.272 e. The quantitative estimate of drug-likeness (QED) is 0.915. The van der Waals surface area contributed by atoms with Gasteiger partial charge >= 0.3 is 0 Å². The molecule has 0 aromatic carbocycles. The molecule has 0 bridgehead atoms. The van der Waals surface area contributed by atoms with Gasteiger partial charge in [0.25, 0.3) is 5.91 Å². The molecule has 0 saturated carbocycles. The molecule has 1 amide bonds. The van der Waals surface area contributed by atoms with Crippen LogP contribution in [0, 0.1) is 0 Å². The van der Waals surface area contributed by atoms with Crippen LogP contribution in [0.5, 0.6) is 0 Å². The molecule has 0 spiro atoms. The SMILES string of the molecule is CCC1CCCCN1C(=O)c1cc(NCc2ccccn2)ncn1. The van der Waals surface area contributed by atoms with Crippen LogP contribution >= 0.6 is 0 Å². The molecule has 1 atom stereocenters. The minimum Gasteiger partial charge on any atom is -0.364 e. The molecule has 6 heteroatoms. The van der Waals surface area contributed by atoms with Crippen LogP contribution in [-0.4, -0.2) is 38.3 Å². The Kier molecular flexibility index (Phi) is 5.36. The zero-order valence-corrected chi connectivity index (χ0v) is 14.0. The van der Waals surface area contributed by atoms with Crippen LogP contribution in [0.1, 0.15) is 48.8 Å². The fourth-order valence-corrected chi connectivity index (χ4v) is 3.09. The van der Waals surface area contributed by atoms with Crippen molar-refractivity contribution in [3.8, 4) is 0 Å². The Balaban J connectivity index is 1.69. The number of nitrogens with zero attached hydrogens (tertiary/aromatic N) is 4. The van der Waals surface area contributed by atoms with E-state index in [9.17, 15) is 4.79 Å². The van der Waals surface area contributed by atoms with Crippen LogP contribution in [0.4, 0.5) is 5.82 Å². The first kappa shape index (κ1) is 16.4. The number of likely N-dealkylation sites (tertiary alicyclic amines) is 1. The van der Waals surface area contributed by atoms with Crippen molar-refractivity contribution in [2.24, 2.45) is 0 Å². The van der Waals surface area contributed by atoms with Crippen LogP contribution < -0.4 is 5.32 Å². The van der Waals surface area contributed by atoms with Gasteiger partial charge in [-0.05, 0) is 37.8 Å². The summed E-state index contributed by atoms with van der Waals surface area (Å²) < 4.78 is 0. The summed E-state index contributed by atoms with van der Waals surface area (Å²) in [6.07, 6.45) is 7.53. The van der Waals surface area contributed by atoms with Gasteiger partial charge in [-0.25, -0.2) is 9.97 Å². The standard InChI is InChI=1S/C18H23N5O/c1-2-15-8-4-6-10-23(15)18(24)16-11-17(22-13-21-16)20-12-14-7-3-5-9-19-14/h3,5,7,9,11,13,15H,2,4,6,8,10,12H2,1H3,(H,20,21,22). The minimum absolute atomic E-state index is 0.00448. The third-order valence-electron chi connectivity index (χ3n) is 4.42. The minimum atomic E-state index is 0.00448. The first-order chi connectivity index (χ1) is 11.8. The lowest BCUT2D eigenvalue weighted by Crippen LogP contribution is -2.43. The van der Waals surface area contributed by atoms with E-state index < -0.39 is 0 Å². The van der Waals surface area contributed by atoms with E-state index in [0.29, 0.717) is 24.1 Å². The maximum absolute atomic E-state index is 12.8. The van der Waals surface area contributed by atoms with E-state index in [0.717, 1.165) is 31.5 Å². The van der Waals surface area contributed by atoms with Gasteiger partial charge in [-0.2, -0.15) is 0 Å². The number of piperidine rings is 1. The highest BCUT2D eigenvalue weighted by Crippen LogP contribution is 2.21. The molecule has 0 radical (unpaired) electrons. The summed E-state index contributed by atoms with van der Waals surface area (Å²) in [5, 5.41) is 3.20. The summed E-state index contributed by atoms with van der Waals surface area (Å²) in [5.41, 5.74) is 1.37. The van der Waals surface area contributed by atoms with Crippen molar-refractivity contribution in [3.05, 3.63) is 48.2 Å². The molecule has 1 unspecified atom stereocenters. The monoisotopic (exact) mass is 325 g/mol. The summed E-state index contributed by atoms with van der Waals surface area (Å²) in [7, 11) is 0. The number of nitrogens with one attached hydrogen (secondary N) is 1. The van der Waals surface area contributed by atoms with Crippen molar-refractivity contribution in [1.82, 2.24) is 19.9 Å². The third kappa shape index (κ3) is 3.88. The van der Waals surface area contributed by atoms with Gasteiger partial charge in [-0.1, -0.05) is 13.0 Å². The van der Waals surface area contributed by atoms with Crippen LogP contribution in [-0.2, 0) is 6.54 Å². The third-order valence-corrected chi connectivity index (χ3v) is 4.42. The summed E-state index contributed by atoms with van der Waals surface area (Å²) in [4.78, 5) is 27.4. The van der Waals surface area contributed by atoms with Crippen molar-refractivity contribution >= 4 is 11.7 Å². The van der Waals surface area contributed by atoms with E-state index in [1.807, 2.05) is 23.1 Å². The number of carbonyl (C=O) groups excluding carboxylic acids is 1. The Morgan fingerprint density at radius 2 is 2.21 bits per heavy atom. The lowest BCUT2D eigenvalue weighted by molar-refractivity contribution is 0.0602. The normalized spacial score (nSPS) is 17.5.